The second-order valence-electron chi connectivity index (χ2n) is 3.78. The van der Waals surface area contributed by atoms with Crippen LogP contribution in [-0.2, 0) is 0 Å². The first-order chi connectivity index (χ1) is 8.52. The van der Waals surface area contributed by atoms with E-state index in [0.29, 0.717) is 30.1 Å². The maximum absolute atomic E-state index is 12.2. The van der Waals surface area contributed by atoms with Crippen LogP contribution in [0.2, 0.25) is 0 Å². The molecule has 6 heteroatoms. The monoisotopic (exact) mass is 270 g/mol. The lowest BCUT2D eigenvalue weighted by Crippen LogP contribution is -2.33. The van der Waals surface area contributed by atoms with Crippen molar-refractivity contribution in [2.45, 2.75) is 13.8 Å². The van der Waals surface area contributed by atoms with E-state index < -0.39 is 4.92 Å². The number of nitro benzene ring substituents is 1. The number of rotatable bonds is 5. The first-order valence-electron chi connectivity index (χ1n) is 5.62. The van der Waals surface area contributed by atoms with Gasteiger partial charge in [-0.1, -0.05) is 6.07 Å². The van der Waals surface area contributed by atoms with E-state index >= 15 is 0 Å². The molecule has 0 saturated heterocycles. The number of nitro groups is 1. The van der Waals surface area contributed by atoms with Crippen LogP contribution in [0, 0.1) is 17.0 Å². The molecular formula is C12H15ClN2O3. The standard InChI is InChI=1S/C12H15ClN2O3/c1-3-14(8-7-13)12(16)10-5-4-6-11(9(10)2)15(17)18/h4-6H,3,7-8H2,1-2H3. The Hall–Kier alpha value is -1.62. The van der Waals surface area contributed by atoms with Crippen LogP contribution in [0.3, 0.4) is 0 Å². The van der Waals surface area contributed by atoms with E-state index in [1.807, 2.05) is 6.92 Å². The highest BCUT2D eigenvalue weighted by Gasteiger charge is 2.21. The van der Waals surface area contributed by atoms with E-state index in [0.717, 1.165) is 0 Å². The molecular weight excluding hydrogens is 256 g/mol. The summed E-state index contributed by atoms with van der Waals surface area (Å²) in [4.78, 5) is 24.1. The second-order valence-corrected chi connectivity index (χ2v) is 4.16. The zero-order chi connectivity index (χ0) is 13.7. The molecule has 0 aromatic heterocycles. The molecule has 0 fully saturated rings. The summed E-state index contributed by atoms with van der Waals surface area (Å²) in [5, 5.41) is 10.8. The number of hydrogen-bond acceptors (Lipinski definition) is 3. The van der Waals surface area contributed by atoms with E-state index in [4.69, 9.17) is 11.6 Å². The first-order valence-corrected chi connectivity index (χ1v) is 6.15. The molecule has 0 aliphatic rings. The van der Waals surface area contributed by atoms with Gasteiger partial charge in [-0.2, -0.15) is 0 Å². The first kappa shape index (κ1) is 14.4. The summed E-state index contributed by atoms with van der Waals surface area (Å²) in [6.07, 6.45) is 0. The topological polar surface area (TPSA) is 63.5 Å². The van der Waals surface area contributed by atoms with E-state index in [1.165, 1.54) is 12.1 Å². The number of alkyl halides is 1. The van der Waals surface area contributed by atoms with Gasteiger partial charge in [-0.3, -0.25) is 14.9 Å². The number of nitrogens with zero attached hydrogens (tertiary/aromatic N) is 2. The van der Waals surface area contributed by atoms with Crippen LogP contribution in [-0.4, -0.2) is 34.7 Å². The summed E-state index contributed by atoms with van der Waals surface area (Å²) in [5.41, 5.74) is 0.708. The van der Waals surface area contributed by atoms with Gasteiger partial charge in [0.2, 0.25) is 0 Å². The molecule has 0 N–H and O–H groups in total. The molecule has 1 rings (SSSR count). The molecule has 18 heavy (non-hydrogen) atoms. The second kappa shape index (κ2) is 6.35. The van der Waals surface area contributed by atoms with Gasteiger partial charge in [0.25, 0.3) is 11.6 Å². The molecule has 0 heterocycles. The predicted molar refractivity (Wildman–Crippen MR) is 70.1 cm³/mol. The van der Waals surface area contributed by atoms with Crippen LogP contribution in [0.1, 0.15) is 22.8 Å². The Morgan fingerprint density at radius 1 is 1.50 bits per heavy atom. The Morgan fingerprint density at radius 3 is 2.67 bits per heavy atom. The minimum Gasteiger partial charge on any atom is -0.338 e. The third kappa shape index (κ3) is 2.98. The number of halogens is 1. The number of hydrogen-bond donors (Lipinski definition) is 0. The van der Waals surface area contributed by atoms with Crippen molar-refractivity contribution >= 4 is 23.2 Å². The Kier molecular flexibility index (Phi) is 5.09. The van der Waals surface area contributed by atoms with Crippen molar-refractivity contribution in [3.05, 3.63) is 39.4 Å². The molecule has 0 atom stereocenters. The predicted octanol–water partition coefficient (Wildman–Crippen LogP) is 2.60. The molecule has 0 bridgehead atoms. The average molecular weight is 271 g/mol. The summed E-state index contributed by atoms with van der Waals surface area (Å²) in [6.45, 7) is 4.38. The molecule has 1 aromatic rings. The van der Waals surface area contributed by atoms with Crippen molar-refractivity contribution < 1.29 is 9.72 Å². The van der Waals surface area contributed by atoms with E-state index in [-0.39, 0.29) is 11.6 Å². The number of carbonyl (C=O) groups is 1. The van der Waals surface area contributed by atoms with Crippen LogP contribution >= 0.6 is 11.6 Å². The third-order valence-corrected chi connectivity index (χ3v) is 2.92. The lowest BCUT2D eigenvalue weighted by atomic mass is 10.1. The molecule has 0 saturated carbocycles. The van der Waals surface area contributed by atoms with E-state index in [2.05, 4.69) is 0 Å². The fraction of sp³-hybridized carbons (Fsp3) is 0.417. The Labute approximate surface area is 110 Å². The largest absolute Gasteiger partial charge is 0.338 e. The summed E-state index contributed by atoms with van der Waals surface area (Å²) >= 11 is 5.63. The van der Waals surface area contributed by atoms with E-state index in [1.54, 1.807) is 17.9 Å². The van der Waals surface area contributed by atoms with E-state index in [9.17, 15) is 14.9 Å². The Bertz CT molecular complexity index is 463. The fourth-order valence-electron chi connectivity index (χ4n) is 1.73. The SMILES string of the molecule is CCN(CCCl)C(=O)c1cccc([N+](=O)[O-])c1C. The highest BCUT2D eigenvalue weighted by Crippen LogP contribution is 2.22. The molecule has 5 nitrogen and oxygen atoms in total. The van der Waals surface area contributed by atoms with Crippen molar-refractivity contribution in [1.29, 1.82) is 0 Å². The third-order valence-electron chi connectivity index (χ3n) is 2.76. The van der Waals surface area contributed by atoms with Crippen molar-refractivity contribution in [2.75, 3.05) is 19.0 Å². The van der Waals surface area contributed by atoms with Gasteiger partial charge in [-0.25, -0.2) is 0 Å². The molecule has 0 radical (unpaired) electrons. The highest BCUT2D eigenvalue weighted by atomic mass is 35.5. The summed E-state index contributed by atoms with van der Waals surface area (Å²) in [6, 6.07) is 4.51. The average Bonchev–Trinajstić information content (AvgIpc) is 2.35. The summed E-state index contributed by atoms with van der Waals surface area (Å²) in [7, 11) is 0. The van der Waals surface area contributed by atoms with Gasteiger partial charge >= 0.3 is 0 Å². The number of amides is 1. The van der Waals surface area contributed by atoms with Crippen molar-refractivity contribution in [3.8, 4) is 0 Å². The maximum Gasteiger partial charge on any atom is 0.273 e. The molecule has 0 spiro atoms. The minimum atomic E-state index is -0.482. The lowest BCUT2D eigenvalue weighted by Gasteiger charge is -2.20. The Balaban J connectivity index is 3.13. The summed E-state index contributed by atoms with van der Waals surface area (Å²) < 4.78 is 0. The van der Waals surface area contributed by atoms with Crippen LogP contribution in [0.4, 0.5) is 5.69 Å². The minimum absolute atomic E-state index is 0.0391. The zero-order valence-corrected chi connectivity index (χ0v) is 11.1. The molecule has 0 unspecified atom stereocenters. The van der Waals surface area contributed by atoms with Crippen LogP contribution in [0.25, 0.3) is 0 Å². The van der Waals surface area contributed by atoms with Crippen molar-refractivity contribution in [1.82, 2.24) is 4.90 Å². The maximum atomic E-state index is 12.2. The quantitative estimate of drug-likeness (QED) is 0.469. The fourth-order valence-corrected chi connectivity index (χ4v) is 1.93. The van der Waals surface area contributed by atoms with Crippen LogP contribution in [0.15, 0.2) is 18.2 Å². The van der Waals surface area contributed by atoms with Gasteiger partial charge in [0.1, 0.15) is 0 Å². The Morgan fingerprint density at radius 2 is 2.17 bits per heavy atom. The van der Waals surface area contributed by atoms with Gasteiger partial charge < -0.3 is 4.90 Å². The molecule has 98 valence electrons. The number of benzene rings is 1. The summed E-state index contributed by atoms with van der Waals surface area (Å²) in [5.74, 6) is 0.118. The van der Waals surface area contributed by atoms with Crippen molar-refractivity contribution in [2.24, 2.45) is 0 Å². The van der Waals surface area contributed by atoms with Crippen LogP contribution < -0.4 is 0 Å². The smallest absolute Gasteiger partial charge is 0.273 e. The van der Waals surface area contributed by atoms with Crippen molar-refractivity contribution in [3.63, 3.8) is 0 Å². The van der Waals surface area contributed by atoms with Crippen LogP contribution in [0.5, 0.6) is 0 Å². The van der Waals surface area contributed by atoms with Gasteiger partial charge in [-0.15, -0.1) is 11.6 Å². The molecule has 1 amide bonds. The zero-order valence-electron chi connectivity index (χ0n) is 10.4. The molecule has 0 aliphatic carbocycles. The van der Waals surface area contributed by atoms with Gasteiger partial charge in [0.05, 0.1) is 4.92 Å². The molecule has 0 aliphatic heterocycles. The molecule has 1 aromatic carbocycles. The lowest BCUT2D eigenvalue weighted by molar-refractivity contribution is -0.385. The van der Waals surface area contributed by atoms with Gasteiger partial charge in [0, 0.05) is 36.2 Å². The normalized spacial score (nSPS) is 10.2. The number of carbonyl (C=O) groups excluding carboxylic acids is 1. The van der Waals surface area contributed by atoms with Gasteiger partial charge in [-0.05, 0) is 19.9 Å². The van der Waals surface area contributed by atoms with Gasteiger partial charge in [0.15, 0.2) is 0 Å². The highest BCUT2D eigenvalue weighted by molar-refractivity contribution is 6.18.